The molecule has 0 saturated heterocycles. The van der Waals surface area contributed by atoms with Gasteiger partial charge in [-0.25, -0.2) is 0 Å². The van der Waals surface area contributed by atoms with E-state index in [1.165, 1.54) is 19.3 Å². The number of halogens is 1. The maximum absolute atomic E-state index is 9.18. The monoisotopic (exact) mass is 306 g/mol. The molecule has 0 spiro atoms. The van der Waals surface area contributed by atoms with E-state index in [0.717, 1.165) is 21.6 Å². The molecule has 0 heterocycles. The van der Waals surface area contributed by atoms with Crippen LogP contribution in [0, 0.1) is 23.2 Å². The van der Waals surface area contributed by atoms with Crippen molar-refractivity contribution >= 4 is 21.6 Å². The molecule has 18 heavy (non-hydrogen) atoms. The van der Waals surface area contributed by atoms with Gasteiger partial charge in [0.1, 0.15) is 6.07 Å². The standard InChI is InChI=1S/C15H19BrN2/c1-10-3-4-11(2)15(7-10)18-14-6-5-13(16)8-12(14)9-17/h5-6,8,10-11,15,18H,3-4,7H2,1-2H3. The largest absolute Gasteiger partial charge is 0.381 e. The normalized spacial score (nSPS) is 27.6. The zero-order valence-corrected chi connectivity index (χ0v) is 12.5. The summed E-state index contributed by atoms with van der Waals surface area (Å²) < 4.78 is 0.953. The number of hydrogen-bond acceptors (Lipinski definition) is 2. The molecule has 0 radical (unpaired) electrons. The first-order chi connectivity index (χ1) is 8.60. The number of nitrogens with zero attached hydrogens (tertiary/aromatic N) is 1. The van der Waals surface area contributed by atoms with Gasteiger partial charge in [-0.05, 0) is 42.9 Å². The van der Waals surface area contributed by atoms with Crippen LogP contribution in [-0.2, 0) is 0 Å². The summed E-state index contributed by atoms with van der Waals surface area (Å²) in [5, 5.41) is 12.7. The van der Waals surface area contributed by atoms with Gasteiger partial charge in [-0.15, -0.1) is 0 Å². The first kappa shape index (κ1) is 13.4. The van der Waals surface area contributed by atoms with Gasteiger partial charge in [-0.1, -0.05) is 36.2 Å². The molecule has 1 aromatic rings. The highest BCUT2D eigenvalue weighted by molar-refractivity contribution is 9.10. The van der Waals surface area contributed by atoms with Crippen molar-refractivity contribution in [3.8, 4) is 6.07 Å². The fourth-order valence-electron chi connectivity index (χ4n) is 2.67. The number of nitriles is 1. The van der Waals surface area contributed by atoms with Crippen molar-refractivity contribution in [1.82, 2.24) is 0 Å². The molecule has 96 valence electrons. The summed E-state index contributed by atoms with van der Waals surface area (Å²) in [6.07, 6.45) is 3.80. The van der Waals surface area contributed by atoms with E-state index in [9.17, 15) is 5.26 Å². The smallest absolute Gasteiger partial charge is 0.101 e. The Kier molecular flexibility index (Phi) is 4.29. The predicted molar refractivity (Wildman–Crippen MR) is 78.4 cm³/mol. The topological polar surface area (TPSA) is 35.8 Å². The molecule has 0 aromatic heterocycles. The highest BCUT2D eigenvalue weighted by atomic mass is 79.9. The van der Waals surface area contributed by atoms with Crippen molar-refractivity contribution in [3.05, 3.63) is 28.2 Å². The molecule has 3 atom stereocenters. The number of benzene rings is 1. The number of hydrogen-bond donors (Lipinski definition) is 1. The van der Waals surface area contributed by atoms with Crippen molar-refractivity contribution in [2.75, 3.05) is 5.32 Å². The van der Waals surface area contributed by atoms with Gasteiger partial charge < -0.3 is 5.32 Å². The van der Waals surface area contributed by atoms with Crippen LogP contribution < -0.4 is 5.32 Å². The van der Waals surface area contributed by atoms with E-state index in [4.69, 9.17) is 0 Å². The van der Waals surface area contributed by atoms with Crippen molar-refractivity contribution in [2.24, 2.45) is 11.8 Å². The maximum Gasteiger partial charge on any atom is 0.101 e. The Bertz CT molecular complexity index is 464. The molecule has 3 unspecified atom stereocenters. The zero-order valence-electron chi connectivity index (χ0n) is 10.9. The van der Waals surface area contributed by atoms with Crippen molar-refractivity contribution in [3.63, 3.8) is 0 Å². The number of anilines is 1. The molecule has 1 fully saturated rings. The van der Waals surface area contributed by atoms with E-state index >= 15 is 0 Å². The molecule has 0 bridgehead atoms. The maximum atomic E-state index is 9.18. The van der Waals surface area contributed by atoms with Gasteiger partial charge in [0.05, 0.1) is 11.3 Å². The van der Waals surface area contributed by atoms with Gasteiger partial charge in [-0.3, -0.25) is 0 Å². The van der Waals surface area contributed by atoms with Crippen LogP contribution in [-0.4, -0.2) is 6.04 Å². The van der Waals surface area contributed by atoms with E-state index in [2.05, 4.69) is 41.2 Å². The highest BCUT2D eigenvalue weighted by Gasteiger charge is 2.25. The average molecular weight is 307 g/mol. The molecule has 1 aliphatic carbocycles. The fraction of sp³-hybridized carbons (Fsp3) is 0.533. The lowest BCUT2D eigenvalue weighted by Gasteiger charge is -2.34. The SMILES string of the molecule is CC1CCC(C)C(Nc2ccc(Br)cc2C#N)C1. The van der Waals surface area contributed by atoms with Gasteiger partial charge >= 0.3 is 0 Å². The summed E-state index contributed by atoms with van der Waals surface area (Å²) in [4.78, 5) is 0. The lowest BCUT2D eigenvalue weighted by atomic mass is 9.80. The minimum Gasteiger partial charge on any atom is -0.381 e. The summed E-state index contributed by atoms with van der Waals surface area (Å²) in [5.74, 6) is 1.45. The molecule has 1 aromatic carbocycles. The van der Waals surface area contributed by atoms with Crippen molar-refractivity contribution in [1.29, 1.82) is 5.26 Å². The minimum absolute atomic E-state index is 0.488. The molecule has 0 amide bonds. The molecule has 1 N–H and O–H groups in total. The third-order valence-corrected chi connectivity index (χ3v) is 4.39. The van der Waals surface area contributed by atoms with E-state index in [1.54, 1.807) is 0 Å². The van der Waals surface area contributed by atoms with Crippen LogP contribution in [0.25, 0.3) is 0 Å². The Labute approximate surface area is 118 Å². The lowest BCUT2D eigenvalue weighted by Crippen LogP contribution is -2.33. The molecule has 0 aliphatic heterocycles. The molecule has 2 rings (SSSR count). The molecule has 2 nitrogen and oxygen atoms in total. The Hall–Kier alpha value is -1.01. The van der Waals surface area contributed by atoms with Crippen LogP contribution in [0.15, 0.2) is 22.7 Å². The summed E-state index contributed by atoms with van der Waals surface area (Å²) in [6, 6.07) is 8.60. The van der Waals surface area contributed by atoms with Gasteiger partial charge in [-0.2, -0.15) is 5.26 Å². The van der Waals surface area contributed by atoms with Crippen LogP contribution in [0.1, 0.15) is 38.7 Å². The van der Waals surface area contributed by atoms with E-state index < -0.39 is 0 Å². The second-order valence-electron chi connectivity index (χ2n) is 5.45. The third-order valence-electron chi connectivity index (χ3n) is 3.90. The van der Waals surface area contributed by atoms with E-state index in [1.807, 2.05) is 18.2 Å². The highest BCUT2D eigenvalue weighted by Crippen LogP contribution is 2.31. The van der Waals surface area contributed by atoms with E-state index in [0.29, 0.717) is 12.0 Å². The summed E-state index contributed by atoms with van der Waals surface area (Å²) in [6.45, 7) is 4.61. The van der Waals surface area contributed by atoms with Crippen molar-refractivity contribution < 1.29 is 0 Å². The van der Waals surface area contributed by atoms with E-state index in [-0.39, 0.29) is 0 Å². The van der Waals surface area contributed by atoms with Gasteiger partial charge in [0.2, 0.25) is 0 Å². The fourth-order valence-corrected chi connectivity index (χ4v) is 3.03. The molecule has 1 aliphatic rings. The molecule has 1 saturated carbocycles. The summed E-state index contributed by atoms with van der Waals surface area (Å²) >= 11 is 3.40. The van der Waals surface area contributed by atoms with Crippen LogP contribution in [0.2, 0.25) is 0 Å². The number of nitrogens with one attached hydrogen (secondary N) is 1. The van der Waals surface area contributed by atoms with Gasteiger partial charge in [0, 0.05) is 10.5 Å². The quantitative estimate of drug-likeness (QED) is 0.869. The molecule has 3 heteroatoms. The van der Waals surface area contributed by atoms with Crippen LogP contribution in [0.5, 0.6) is 0 Å². The second kappa shape index (κ2) is 5.75. The zero-order chi connectivity index (χ0) is 13.1. The Balaban J connectivity index is 2.16. The van der Waals surface area contributed by atoms with Crippen LogP contribution in [0.3, 0.4) is 0 Å². The molecular weight excluding hydrogens is 288 g/mol. The average Bonchev–Trinajstić information content (AvgIpc) is 2.36. The Morgan fingerprint density at radius 3 is 2.83 bits per heavy atom. The van der Waals surface area contributed by atoms with Gasteiger partial charge in [0.25, 0.3) is 0 Å². The van der Waals surface area contributed by atoms with Crippen LogP contribution >= 0.6 is 15.9 Å². The third kappa shape index (κ3) is 3.05. The number of rotatable bonds is 2. The summed E-state index contributed by atoms with van der Waals surface area (Å²) in [5.41, 5.74) is 1.68. The summed E-state index contributed by atoms with van der Waals surface area (Å²) in [7, 11) is 0. The van der Waals surface area contributed by atoms with Crippen molar-refractivity contribution in [2.45, 2.75) is 39.2 Å². The Morgan fingerprint density at radius 2 is 2.11 bits per heavy atom. The first-order valence-electron chi connectivity index (χ1n) is 6.56. The predicted octanol–water partition coefficient (Wildman–Crippen LogP) is 4.56. The lowest BCUT2D eigenvalue weighted by molar-refractivity contribution is 0.280. The molecular formula is C15H19BrN2. The Morgan fingerprint density at radius 1 is 1.33 bits per heavy atom. The first-order valence-corrected chi connectivity index (χ1v) is 7.35. The minimum atomic E-state index is 0.488. The van der Waals surface area contributed by atoms with Gasteiger partial charge in [0.15, 0.2) is 0 Å². The second-order valence-corrected chi connectivity index (χ2v) is 6.36. The van der Waals surface area contributed by atoms with Crippen LogP contribution in [0.4, 0.5) is 5.69 Å².